The van der Waals surface area contributed by atoms with E-state index in [0.717, 1.165) is 12.2 Å². The van der Waals surface area contributed by atoms with Gasteiger partial charge in [0.2, 0.25) is 5.91 Å². The highest BCUT2D eigenvalue weighted by atomic mass is 16.2. The molecule has 1 aromatic rings. The van der Waals surface area contributed by atoms with Gasteiger partial charge in [0.15, 0.2) is 0 Å². The van der Waals surface area contributed by atoms with Crippen LogP contribution in [0.2, 0.25) is 0 Å². The van der Waals surface area contributed by atoms with Crippen LogP contribution in [-0.2, 0) is 11.3 Å². The molecule has 1 aliphatic heterocycles. The van der Waals surface area contributed by atoms with E-state index in [4.69, 9.17) is 5.73 Å². The third kappa shape index (κ3) is 4.04. The van der Waals surface area contributed by atoms with E-state index in [1.165, 1.54) is 31.5 Å². The predicted molar refractivity (Wildman–Crippen MR) is 77.8 cm³/mol. The summed E-state index contributed by atoms with van der Waals surface area (Å²) in [5.41, 5.74) is 7.79. The van der Waals surface area contributed by atoms with Crippen molar-refractivity contribution in [3.05, 3.63) is 29.8 Å². The normalized spacial score (nSPS) is 17.4. The Balaban J connectivity index is 1.88. The van der Waals surface area contributed by atoms with E-state index in [2.05, 4.69) is 22.3 Å². The summed E-state index contributed by atoms with van der Waals surface area (Å²) in [5.74, 6) is -0.116. The van der Waals surface area contributed by atoms with E-state index in [1.807, 2.05) is 19.1 Å². The van der Waals surface area contributed by atoms with Crippen LogP contribution in [0, 0.1) is 0 Å². The van der Waals surface area contributed by atoms with Crippen molar-refractivity contribution in [3.63, 3.8) is 0 Å². The molecule has 3 N–H and O–H groups in total. The van der Waals surface area contributed by atoms with Gasteiger partial charge in [0.25, 0.3) is 0 Å². The van der Waals surface area contributed by atoms with Crippen LogP contribution in [0.1, 0.15) is 31.7 Å². The van der Waals surface area contributed by atoms with Gasteiger partial charge in [-0.25, -0.2) is 0 Å². The minimum absolute atomic E-state index is 0.116. The van der Waals surface area contributed by atoms with Crippen molar-refractivity contribution >= 4 is 11.6 Å². The van der Waals surface area contributed by atoms with Gasteiger partial charge < -0.3 is 11.1 Å². The van der Waals surface area contributed by atoms with Gasteiger partial charge in [0, 0.05) is 12.2 Å². The van der Waals surface area contributed by atoms with E-state index in [0.29, 0.717) is 6.42 Å². The van der Waals surface area contributed by atoms with Crippen molar-refractivity contribution < 1.29 is 4.79 Å². The topological polar surface area (TPSA) is 58.4 Å². The Kier molecular flexibility index (Phi) is 4.93. The van der Waals surface area contributed by atoms with Gasteiger partial charge >= 0.3 is 0 Å². The van der Waals surface area contributed by atoms with Crippen molar-refractivity contribution in [1.29, 1.82) is 0 Å². The molecule has 1 atom stereocenters. The number of hydrogen-bond donors (Lipinski definition) is 2. The third-order valence-corrected chi connectivity index (χ3v) is 3.60. The Morgan fingerprint density at radius 3 is 2.53 bits per heavy atom. The lowest BCUT2D eigenvalue weighted by Gasteiger charge is -2.15. The molecule has 2 rings (SSSR count). The second kappa shape index (κ2) is 6.68. The highest BCUT2D eigenvalue weighted by molar-refractivity contribution is 5.94. The fraction of sp³-hybridized carbons (Fsp3) is 0.533. The summed E-state index contributed by atoms with van der Waals surface area (Å²) >= 11 is 0. The number of amides is 1. The monoisotopic (exact) mass is 261 g/mol. The number of rotatable bonds is 5. The lowest BCUT2D eigenvalue weighted by molar-refractivity contribution is -0.117. The number of benzene rings is 1. The summed E-state index contributed by atoms with van der Waals surface area (Å²) in [6.45, 7) is 5.31. The number of carbonyl (C=O) groups is 1. The second-order valence-corrected chi connectivity index (χ2v) is 5.18. The van der Waals surface area contributed by atoms with Gasteiger partial charge in [-0.05, 0) is 50.0 Å². The van der Waals surface area contributed by atoms with Crippen LogP contribution in [-0.4, -0.2) is 29.9 Å². The molecule has 0 aromatic heterocycles. The molecule has 1 amide bonds. The maximum atomic E-state index is 11.7. The molecule has 1 unspecified atom stereocenters. The van der Waals surface area contributed by atoms with Gasteiger partial charge in [0.1, 0.15) is 0 Å². The molecule has 1 heterocycles. The van der Waals surface area contributed by atoms with E-state index < -0.39 is 6.04 Å². The van der Waals surface area contributed by atoms with Crippen molar-refractivity contribution in [2.75, 3.05) is 18.4 Å². The van der Waals surface area contributed by atoms with Crippen LogP contribution in [0.4, 0.5) is 5.69 Å². The summed E-state index contributed by atoms with van der Waals surface area (Å²) in [6.07, 6.45) is 3.27. The molecule has 0 bridgehead atoms. The molecule has 1 fully saturated rings. The minimum Gasteiger partial charge on any atom is -0.325 e. The van der Waals surface area contributed by atoms with Crippen LogP contribution < -0.4 is 11.1 Å². The number of anilines is 1. The number of nitrogens with zero attached hydrogens (tertiary/aromatic N) is 1. The molecular formula is C15H23N3O. The average molecular weight is 261 g/mol. The van der Waals surface area contributed by atoms with E-state index in [-0.39, 0.29) is 5.91 Å². The third-order valence-electron chi connectivity index (χ3n) is 3.60. The fourth-order valence-corrected chi connectivity index (χ4v) is 2.31. The zero-order chi connectivity index (χ0) is 13.7. The largest absolute Gasteiger partial charge is 0.325 e. The molecule has 104 valence electrons. The number of hydrogen-bond acceptors (Lipinski definition) is 3. The Bertz CT molecular complexity index is 410. The first-order valence-corrected chi connectivity index (χ1v) is 7.07. The molecule has 0 aliphatic carbocycles. The molecule has 0 saturated carbocycles. The minimum atomic E-state index is -0.427. The van der Waals surface area contributed by atoms with Crippen LogP contribution in [0.5, 0.6) is 0 Å². The first-order chi connectivity index (χ1) is 9.19. The highest BCUT2D eigenvalue weighted by Crippen LogP contribution is 2.15. The van der Waals surface area contributed by atoms with Gasteiger partial charge in [-0.1, -0.05) is 19.1 Å². The van der Waals surface area contributed by atoms with Crippen molar-refractivity contribution in [2.45, 2.75) is 38.8 Å². The van der Waals surface area contributed by atoms with Gasteiger partial charge in [0.05, 0.1) is 6.04 Å². The van der Waals surface area contributed by atoms with Crippen molar-refractivity contribution in [3.8, 4) is 0 Å². The van der Waals surface area contributed by atoms with E-state index in [1.54, 1.807) is 0 Å². The van der Waals surface area contributed by atoms with Crippen molar-refractivity contribution in [2.24, 2.45) is 5.73 Å². The molecule has 1 saturated heterocycles. The Labute approximate surface area is 115 Å². The first kappa shape index (κ1) is 14.0. The van der Waals surface area contributed by atoms with Gasteiger partial charge in [-0.2, -0.15) is 0 Å². The zero-order valence-electron chi connectivity index (χ0n) is 11.6. The number of nitrogens with one attached hydrogen (secondary N) is 1. The first-order valence-electron chi connectivity index (χ1n) is 7.07. The van der Waals surface area contributed by atoms with Crippen LogP contribution in [0.15, 0.2) is 24.3 Å². The summed E-state index contributed by atoms with van der Waals surface area (Å²) in [4.78, 5) is 14.1. The Morgan fingerprint density at radius 2 is 1.95 bits per heavy atom. The highest BCUT2D eigenvalue weighted by Gasteiger charge is 2.12. The smallest absolute Gasteiger partial charge is 0.241 e. The standard InChI is InChI=1S/C15H23N3O/c1-2-14(16)15(19)17-13-7-5-12(6-8-13)11-18-9-3-4-10-18/h5-8,14H,2-4,9-11,16H2,1H3,(H,17,19). The van der Waals surface area contributed by atoms with Gasteiger partial charge in [-0.15, -0.1) is 0 Å². The van der Waals surface area contributed by atoms with E-state index >= 15 is 0 Å². The Hall–Kier alpha value is -1.39. The lowest BCUT2D eigenvalue weighted by Crippen LogP contribution is -2.34. The van der Waals surface area contributed by atoms with Crippen LogP contribution in [0.3, 0.4) is 0 Å². The maximum absolute atomic E-state index is 11.7. The number of nitrogens with two attached hydrogens (primary N) is 1. The van der Waals surface area contributed by atoms with Crippen LogP contribution >= 0.6 is 0 Å². The summed E-state index contributed by atoms with van der Waals surface area (Å²) in [7, 11) is 0. The molecule has 4 heteroatoms. The average Bonchev–Trinajstić information content (AvgIpc) is 2.93. The second-order valence-electron chi connectivity index (χ2n) is 5.18. The number of likely N-dealkylation sites (tertiary alicyclic amines) is 1. The predicted octanol–water partition coefficient (Wildman–Crippen LogP) is 1.96. The molecule has 0 spiro atoms. The summed E-state index contributed by atoms with van der Waals surface area (Å²) in [5, 5.41) is 2.84. The fourth-order valence-electron chi connectivity index (χ4n) is 2.31. The Morgan fingerprint density at radius 1 is 1.32 bits per heavy atom. The summed E-state index contributed by atoms with van der Waals surface area (Å²) in [6, 6.07) is 7.62. The quantitative estimate of drug-likeness (QED) is 0.852. The molecule has 1 aromatic carbocycles. The van der Waals surface area contributed by atoms with Crippen molar-refractivity contribution in [1.82, 2.24) is 4.90 Å². The number of carbonyl (C=O) groups excluding carboxylic acids is 1. The zero-order valence-corrected chi connectivity index (χ0v) is 11.6. The molecule has 4 nitrogen and oxygen atoms in total. The molecule has 19 heavy (non-hydrogen) atoms. The summed E-state index contributed by atoms with van der Waals surface area (Å²) < 4.78 is 0. The van der Waals surface area contributed by atoms with Gasteiger partial charge in [-0.3, -0.25) is 9.69 Å². The van der Waals surface area contributed by atoms with E-state index in [9.17, 15) is 4.79 Å². The molecular weight excluding hydrogens is 238 g/mol. The SMILES string of the molecule is CCC(N)C(=O)Nc1ccc(CN2CCCC2)cc1. The lowest BCUT2D eigenvalue weighted by atomic mass is 10.2. The molecule has 0 radical (unpaired) electrons. The molecule has 1 aliphatic rings. The van der Waals surface area contributed by atoms with Crippen LogP contribution in [0.25, 0.3) is 0 Å². The maximum Gasteiger partial charge on any atom is 0.241 e.